The summed E-state index contributed by atoms with van der Waals surface area (Å²) in [4.78, 5) is 25.4. The Morgan fingerprint density at radius 3 is 1.16 bits per heavy atom. The minimum Gasteiger partial charge on any atom is -0.462 e. The number of unbranched alkanes of at least 4 members (excludes halogenated alkanes) is 29. The summed E-state index contributed by atoms with van der Waals surface area (Å²) in [6, 6.07) is 0. The van der Waals surface area contributed by atoms with Crippen LogP contribution in [0.3, 0.4) is 0 Å². The van der Waals surface area contributed by atoms with Gasteiger partial charge in [-0.05, 0) is 77.0 Å². The van der Waals surface area contributed by atoms with E-state index in [1.54, 1.807) is 0 Å². The highest BCUT2D eigenvalue weighted by atomic mass is 16.6. The summed E-state index contributed by atoms with van der Waals surface area (Å²) < 4.78 is 17.4. The first kappa shape index (κ1) is 65.1. The topological polar surface area (TPSA) is 61.8 Å². The van der Waals surface area contributed by atoms with Gasteiger partial charge >= 0.3 is 11.9 Å². The number of ether oxygens (including phenoxy) is 3. The van der Waals surface area contributed by atoms with Crippen LogP contribution in [0, 0.1) is 0 Å². The minimum absolute atomic E-state index is 0.0409. The Hall–Kier alpha value is -2.92. The summed E-state index contributed by atoms with van der Waals surface area (Å²) in [5.41, 5.74) is 0. The smallest absolute Gasteiger partial charge is 0.310 e. The predicted molar refractivity (Wildman–Crippen MR) is 297 cm³/mol. The molecule has 0 aromatic carbocycles. The second-order valence-electron chi connectivity index (χ2n) is 19.2. The Balaban J connectivity index is 4.34. The molecule has 0 aromatic heterocycles. The maximum absolute atomic E-state index is 12.8. The third kappa shape index (κ3) is 55.7. The van der Waals surface area contributed by atoms with E-state index in [0.29, 0.717) is 13.0 Å². The van der Waals surface area contributed by atoms with E-state index in [0.717, 1.165) is 70.6 Å². The molecule has 5 nitrogen and oxygen atoms in total. The summed E-state index contributed by atoms with van der Waals surface area (Å²) in [5, 5.41) is 0. The molecule has 0 fully saturated rings. The molecule has 0 aliphatic carbocycles. The van der Waals surface area contributed by atoms with E-state index in [-0.39, 0.29) is 31.6 Å². The van der Waals surface area contributed by atoms with Gasteiger partial charge in [0.15, 0.2) is 6.10 Å². The SMILES string of the molecule is CC/C=C\C/C=C\C/C=C\C/C=C\C/C=C\CC(=O)OC(COCCCCCCCCCCCCCCCCCCCCCC)COC(=O)CCCCCCCCC/C=C\C/C=C\CCCCC. The van der Waals surface area contributed by atoms with Gasteiger partial charge in [0, 0.05) is 13.0 Å². The molecule has 0 bridgehead atoms. The first-order chi connectivity index (χ1) is 33.6. The quantitative estimate of drug-likeness (QED) is 0.0345. The molecule has 0 saturated carbocycles. The van der Waals surface area contributed by atoms with Crippen molar-refractivity contribution in [2.45, 2.75) is 284 Å². The Bertz CT molecular complexity index is 1250. The maximum Gasteiger partial charge on any atom is 0.310 e. The fourth-order valence-corrected chi connectivity index (χ4v) is 8.15. The molecule has 1 atom stereocenters. The lowest BCUT2D eigenvalue weighted by molar-refractivity contribution is -0.162. The van der Waals surface area contributed by atoms with Gasteiger partial charge in [-0.25, -0.2) is 0 Å². The molecule has 0 aromatic rings. The van der Waals surface area contributed by atoms with E-state index >= 15 is 0 Å². The summed E-state index contributed by atoms with van der Waals surface area (Å²) in [6.45, 7) is 7.61. The lowest BCUT2D eigenvalue weighted by Crippen LogP contribution is -2.29. The second-order valence-corrected chi connectivity index (χ2v) is 19.2. The summed E-state index contributed by atoms with van der Waals surface area (Å²) >= 11 is 0. The lowest BCUT2D eigenvalue weighted by Gasteiger charge is -2.18. The molecule has 0 aliphatic heterocycles. The summed E-state index contributed by atoms with van der Waals surface area (Å²) in [7, 11) is 0. The Labute approximate surface area is 422 Å². The van der Waals surface area contributed by atoms with Gasteiger partial charge in [-0.2, -0.15) is 0 Å². The van der Waals surface area contributed by atoms with E-state index in [2.05, 4.69) is 93.7 Å². The molecule has 0 rings (SSSR count). The fourth-order valence-electron chi connectivity index (χ4n) is 8.15. The third-order valence-electron chi connectivity index (χ3n) is 12.4. The van der Waals surface area contributed by atoms with E-state index in [9.17, 15) is 9.59 Å². The Morgan fingerprint density at radius 1 is 0.353 bits per heavy atom. The van der Waals surface area contributed by atoms with Crippen molar-refractivity contribution in [1.29, 1.82) is 0 Å². The molecule has 0 spiro atoms. The molecule has 5 heteroatoms. The number of esters is 2. The molecule has 0 radical (unpaired) electrons. The van der Waals surface area contributed by atoms with Crippen molar-refractivity contribution < 1.29 is 23.8 Å². The molecule has 0 saturated heterocycles. The van der Waals surface area contributed by atoms with Gasteiger partial charge in [-0.15, -0.1) is 0 Å². The van der Waals surface area contributed by atoms with Crippen LogP contribution in [0.1, 0.15) is 278 Å². The zero-order valence-corrected chi connectivity index (χ0v) is 45.1. The minimum atomic E-state index is -0.596. The Kier molecular flexibility index (Phi) is 55.9. The maximum atomic E-state index is 12.8. The molecule has 68 heavy (non-hydrogen) atoms. The van der Waals surface area contributed by atoms with E-state index in [4.69, 9.17) is 14.2 Å². The normalized spacial score (nSPS) is 12.8. The Morgan fingerprint density at radius 2 is 0.706 bits per heavy atom. The van der Waals surface area contributed by atoms with Crippen LogP contribution in [0.2, 0.25) is 0 Å². The second kappa shape index (κ2) is 58.4. The molecular formula is C63H110O5. The van der Waals surface area contributed by atoms with Crippen LogP contribution in [0.25, 0.3) is 0 Å². The third-order valence-corrected chi connectivity index (χ3v) is 12.4. The van der Waals surface area contributed by atoms with Crippen molar-refractivity contribution in [2.75, 3.05) is 19.8 Å². The largest absolute Gasteiger partial charge is 0.462 e. The predicted octanol–water partition coefficient (Wildman–Crippen LogP) is 20.0. The molecule has 1 unspecified atom stereocenters. The van der Waals surface area contributed by atoms with Gasteiger partial charge < -0.3 is 14.2 Å². The van der Waals surface area contributed by atoms with Crippen LogP contribution in [0.5, 0.6) is 0 Å². The van der Waals surface area contributed by atoms with Gasteiger partial charge in [-0.1, -0.05) is 273 Å². The fraction of sp³-hybridized carbons (Fsp3) is 0.746. The van der Waals surface area contributed by atoms with Crippen molar-refractivity contribution in [3.63, 3.8) is 0 Å². The average Bonchev–Trinajstić information content (AvgIpc) is 3.34. The van der Waals surface area contributed by atoms with Gasteiger partial charge in [0.2, 0.25) is 0 Å². The lowest BCUT2D eigenvalue weighted by atomic mass is 10.0. The first-order valence-electron chi connectivity index (χ1n) is 29.1. The number of allylic oxidation sites excluding steroid dienone is 13. The van der Waals surface area contributed by atoms with Crippen molar-refractivity contribution in [2.24, 2.45) is 0 Å². The van der Waals surface area contributed by atoms with Crippen LogP contribution < -0.4 is 0 Å². The average molecular weight is 948 g/mol. The first-order valence-corrected chi connectivity index (χ1v) is 29.1. The van der Waals surface area contributed by atoms with Gasteiger partial charge in [0.25, 0.3) is 0 Å². The zero-order chi connectivity index (χ0) is 49.2. The molecule has 392 valence electrons. The van der Waals surface area contributed by atoms with Gasteiger partial charge in [-0.3, -0.25) is 9.59 Å². The molecular weight excluding hydrogens is 837 g/mol. The molecule has 0 heterocycles. The molecule has 0 amide bonds. The zero-order valence-electron chi connectivity index (χ0n) is 45.1. The number of hydrogen-bond acceptors (Lipinski definition) is 5. The van der Waals surface area contributed by atoms with Crippen LogP contribution in [0.4, 0.5) is 0 Å². The monoisotopic (exact) mass is 947 g/mol. The standard InChI is InChI=1S/C63H110O5/c1-4-7-10-13-16-19-22-25-28-30-31-32-34-37-40-43-46-49-52-55-58-66-59-61(68-63(65)57-54-51-48-45-42-39-35-27-24-21-18-15-12-9-6-3)60-67-62(64)56-53-50-47-44-41-38-36-33-29-26-23-20-17-14-11-8-5-2/h9,12,17-18,20-21,26-27,29,35,42,45,51,54,61H,4-8,10-11,13-16,19,22-25,28,30-34,36-41,43-44,46-50,52-53,55-60H2,1-3H3/b12-9-,20-17-,21-18-,29-26-,35-27-,45-42-,54-51-. The van der Waals surface area contributed by atoms with E-state index < -0.39 is 6.10 Å². The van der Waals surface area contributed by atoms with Crippen molar-refractivity contribution in [3.8, 4) is 0 Å². The van der Waals surface area contributed by atoms with Gasteiger partial charge in [0.1, 0.15) is 6.61 Å². The number of carbonyl (C=O) groups is 2. The summed E-state index contributed by atoms with van der Waals surface area (Å²) in [6.07, 6.45) is 77.8. The van der Waals surface area contributed by atoms with Crippen molar-refractivity contribution >= 4 is 11.9 Å². The summed E-state index contributed by atoms with van der Waals surface area (Å²) in [5.74, 6) is -0.545. The molecule has 0 aliphatic rings. The van der Waals surface area contributed by atoms with Crippen LogP contribution in [-0.4, -0.2) is 37.9 Å². The van der Waals surface area contributed by atoms with Gasteiger partial charge in [0.05, 0.1) is 13.0 Å². The van der Waals surface area contributed by atoms with Crippen LogP contribution in [-0.2, 0) is 23.8 Å². The highest BCUT2D eigenvalue weighted by Crippen LogP contribution is 2.16. The van der Waals surface area contributed by atoms with Crippen LogP contribution >= 0.6 is 0 Å². The van der Waals surface area contributed by atoms with Crippen molar-refractivity contribution in [3.05, 3.63) is 85.1 Å². The van der Waals surface area contributed by atoms with Crippen LogP contribution in [0.15, 0.2) is 85.1 Å². The highest BCUT2D eigenvalue weighted by Gasteiger charge is 2.17. The number of carbonyl (C=O) groups excluding carboxylic acids is 2. The highest BCUT2D eigenvalue weighted by molar-refractivity contribution is 5.71. The number of rotatable bonds is 53. The van der Waals surface area contributed by atoms with E-state index in [1.165, 1.54) is 173 Å². The molecule has 0 N–H and O–H groups in total. The van der Waals surface area contributed by atoms with Crippen molar-refractivity contribution in [1.82, 2.24) is 0 Å². The van der Waals surface area contributed by atoms with E-state index in [1.807, 2.05) is 12.2 Å². The number of hydrogen-bond donors (Lipinski definition) is 0.